The molecule has 112 valence electrons. The van der Waals surface area contributed by atoms with Gasteiger partial charge in [0.05, 0.1) is 19.9 Å². The van der Waals surface area contributed by atoms with Crippen molar-refractivity contribution in [2.24, 2.45) is 0 Å². The molecule has 3 aromatic carbocycles. The molecule has 3 rings (SSSR count). The van der Waals surface area contributed by atoms with E-state index in [0.717, 1.165) is 33.6 Å². The third kappa shape index (κ3) is 2.58. The van der Waals surface area contributed by atoms with Crippen molar-refractivity contribution in [3.8, 4) is 11.5 Å². The molecule has 1 N–H and O–H groups in total. The second kappa shape index (κ2) is 5.98. The fraction of sp³-hybridized carbons (Fsp3) is 0.158. The fourth-order valence-corrected chi connectivity index (χ4v) is 2.62. The molecule has 0 aliphatic rings. The van der Waals surface area contributed by atoms with E-state index < -0.39 is 0 Å². The zero-order chi connectivity index (χ0) is 15.5. The fourth-order valence-electron chi connectivity index (χ4n) is 2.62. The summed E-state index contributed by atoms with van der Waals surface area (Å²) in [7, 11) is 3.38. The summed E-state index contributed by atoms with van der Waals surface area (Å²) in [5.41, 5.74) is 3.17. The van der Waals surface area contributed by atoms with Crippen molar-refractivity contribution in [2.45, 2.75) is 6.92 Å². The Morgan fingerprint density at radius 1 is 0.727 bits per heavy atom. The molecule has 0 aliphatic carbocycles. The molecule has 22 heavy (non-hydrogen) atoms. The zero-order valence-electron chi connectivity index (χ0n) is 13.0. The molecule has 0 unspecified atom stereocenters. The Labute approximate surface area is 130 Å². The molecular formula is C19H19NO2. The highest BCUT2D eigenvalue weighted by molar-refractivity contribution is 5.99. The number of rotatable bonds is 4. The number of anilines is 2. The lowest BCUT2D eigenvalue weighted by molar-refractivity contribution is 0.416. The van der Waals surface area contributed by atoms with E-state index >= 15 is 0 Å². The van der Waals surface area contributed by atoms with Gasteiger partial charge >= 0.3 is 0 Å². The summed E-state index contributed by atoms with van der Waals surface area (Å²) in [5.74, 6) is 1.70. The van der Waals surface area contributed by atoms with Crippen molar-refractivity contribution in [1.29, 1.82) is 0 Å². The topological polar surface area (TPSA) is 30.5 Å². The maximum atomic E-state index is 5.44. The monoisotopic (exact) mass is 293 g/mol. The predicted octanol–water partition coefficient (Wildman–Crippen LogP) is 4.91. The van der Waals surface area contributed by atoms with Crippen LogP contribution in [0.2, 0.25) is 0 Å². The highest BCUT2D eigenvalue weighted by Gasteiger charge is 2.09. The molecule has 3 heteroatoms. The van der Waals surface area contributed by atoms with Crippen LogP contribution in [0.15, 0.2) is 54.6 Å². The van der Waals surface area contributed by atoms with Crippen LogP contribution < -0.4 is 14.8 Å². The van der Waals surface area contributed by atoms with E-state index in [1.807, 2.05) is 36.4 Å². The molecule has 0 fully saturated rings. The van der Waals surface area contributed by atoms with Gasteiger partial charge in [-0.3, -0.25) is 0 Å². The molecule has 0 spiro atoms. The molecule has 0 saturated heterocycles. The summed E-state index contributed by atoms with van der Waals surface area (Å²) in [6.45, 7) is 2.07. The molecule has 0 heterocycles. The van der Waals surface area contributed by atoms with E-state index in [1.54, 1.807) is 14.2 Å². The standard InChI is InChI=1S/C19H19NO2/c1-13-8-10-19(22-3)17(12-13)20-16-9-11-18(21-2)15-7-5-4-6-14(15)16/h4-12,20H,1-3H3. The zero-order valence-corrected chi connectivity index (χ0v) is 13.0. The van der Waals surface area contributed by atoms with Crippen molar-refractivity contribution in [1.82, 2.24) is 0 Å². The van der Waals surface area contributed by atoms with Crippen LogP contribution in [-0.4, -0.2) is 14.2 Å². The van der Waals surface area contributed by atoms with Gasteiger partial charge in [-0.2, -0.15) is 0 Å². The lowest BCUT2D eigenvalue weighted by Gasteiger charge is -2.15. The molecule has 0 radical (unpaired) electrons. The highest BCUT2D eigenvalue weighted by Crippen LogP contribution is 2.35. The second-order valence-electron chi connectivity index (χ2n) is 5.19. The maximum Gasteiger partial charge on any atom is 0.142 e. The summed E-state index contributed by atoms with van der Waals surface area (Å²) in [6, 6.07) is 18.3. The van der Waals surface area contributed by atoms with Gasteiger partial charge in [0, 0.05) is 16.5 Å². The lowest BCUT2D eigenvalue weighted by Crippen LogP contribution is -1.96. The molecule has 0 amide bonds. The van der Waals surface area contributed by atoms with Gasteiger partial charge in [-0.25, -0.2) is 0 Å². The van der Waals surface area contributed by atoms with Crippen LogP contribution in [0.3, 0.4) is 0 Å². The first-order chi connectivity index (χ1) is 10.7. The van der Waals surface area contributed by atoms with Crippen molar-refractivity contribution in [2.75, 3.05) is 19.5 Å². The van der Waals surface area contributed by atoms with Crippen LogP contribution in [0.25, 0.3) is 10.8 Å². The SMILES string of the molecule is COc1ccc(C)cc1Nc1ccc(OC)c2ccccc12. The minimum atomic E-state index is 0.825. The van der Waals surface area contributed by atoms with E-state index in [0.29, 0.717) is 0 Å². The van der Waals surface area contributed by atoms with Gasteiger partial charge in [0.25, 0.3) is 0 Å². The van der Waals surface area contributed by atoms with Gasteiger partial charge < -0.3 is 14.8 Å². The van der Waals surface area contributed by atoms with E-state index in [1.165, 1.54) is 5.56 Å². The van der Waals surface area contributed by atoms with Gasteiger partial charge in [0.2, 0.25) is 0 Å². The van der Waals surface area contributed by atoms with Crippen LogP contribution in [0.5, 0.6) is 11.5 Å². The second-order valence-corrected chi connectivity index (χ2v) is 5.19. The normalized spacial score (nSPS) is 10.5. The Kier molecular flexibility index (Phi) is 3.88. The average molecular weight is 293 g/mol. The van der Waals surface area contributed by atoms with Crippen LogP contribution in [0, 0.1) is 6.92 Å². The number of ether oxygens (including phenoxy) is 2. The number of benzene rings is 3. The molecule has 0 saturated carbocycles. The summed E-state index contributed by atoms with van der Waals surface area (Å²) < 4.78 is 10.9. The van der Waals surface area contributed by atoms with Gasteiger partial charge in [-0.05, 0) is 36.8 Å². The Balaban J connectivity index is 2.10. The van der Waals surface area contributed by atoms with Crippen LogP contribution in [0.1, 0.15) is 5.56 Å². The summed E-state index contributed by atoms with van der Waals surface area (Å²) in [4.78, 5) is 0. The number of nitrogens with one attached hydrogen (secondary N) is 1. The van der Waals surface area contributed by atoms with Gasteiger partial charge in [0.15, 0.2) is 0 Å². The molecular weight excluding hydrogens is 274 g/mol. The predicted molar refractivity (Wildman–Crippen MR) is 91.5 cm³/mol. The highest BCUT2D eigenvalue weighted by atomic mass is 16.5. The molecule has 0 aromatic heterocycles. The minimum absolute atomic E-state index is 0.825. The number of aryl methyl sites for hydroxylation is 1. The maximum absolute atomic E-state index is 5.44. The number of methoxy groups -OCH3 is 2. The number of hydrogen-bond acceptors (Lipinski definition) is 3. The Morgan fingerprint density at radius 2 is 1.41 bits per heavy atom. The van der Waals surface area contributed by atoms with E-state index in [-0.39, 0.29) is 0 Å². The van der Waals surface area contributed by atoms with Crippen molar-refractivity contribution in [3.05, 3.63) is 60.2 Å². The first kappa shape index (κ1) is 14.3. The van der Waals surface area contributed by atoms with E-state index in [2.05, 4.69) is 30.4 Å². The third-order valence-corrected chi connectivity index (χ3v) is 3.73. The van der Waals surface area contributed by atoms with E-state index in [4.69, 9.17) is 9.47 Å². The average Bonchev–Trinajstić information content (AvgIpc) is 2.55. The quantitative estimate of drug-likeness (QED) is 0.741. The van der Waals surface area contributed by atoms with Gasteiger partial charge in [-0.15, -0.1) is 0 Å². The molecule has 3 nitrogen and oxygen atoms in total. The van der Waals surface area contributed by atoms with Crippen molar-refractivity contribution >= 4 is 22.1 Å². The van der Waals surface area contributed by atoms with Crippen LogP contribution in [-0.2, 0) is 0 Å². The number of fused-ring (bicyclic) bond motifs is 1. The smallest absolute Gasteiger partial charge is 0.142 e. The van der Waals surface area contributed by atoms with Crippen LogP contribution >= 0.6 is 0 Å². The van der Waals surface area contributed by atoms with Gasteiger partial charge in [0.1, 0.15) is 11.5 Å². The summed E-state index contributed by atoms with van der Waals surface area (Å²) in [6.07, 6.45) is 0. The summed E-state index contributed by atoms with van der Waals surface area (Å²) >= 11 is 0. The molecule has 0 aliphatic heterocycles. The Morgan fingerprint density at radius 3 is 2.14 bits per heavy atom. The summed E-state index contributed by atoms with van der Waals surface area (Å²) in [5, 5.41) is 5.68. The first-order valence-corrected chi connectivity index (χ1v) is 7.20. The third-order valence-electron chi connectivity index (χ3n) is 3.73. The Hall–Kier alpha value is -2.68. The van der Waals surface area contributed by atoms with Crippen molar-refractivity contribution in [3.63, 3.8) is 0 Å². The number of hydrogen-bond donors (Lipinski definition) is 1. The molecule has 3 aromatic rings. The molecule has 0 bridgehead atoms. The Bertz CT molecular complexity index is 812. The van der Waals surface area contributed by atoms with Gasteiger partial charge in [-0.1, -0.05) is 30.3 Å². The molecule has 0 atom stereocenters. The minimum Gasteiger partial charge on any atom is -0.496 e. The lowest BCUT2D eigenvalue weighted by atomic mass is 10.1. The van der Waals surface area contributed by atoms with Crippen LogP contribution in [0.4, 0.5) is 11.4 Å². The first-order valence-electron chi connectivity index (χ1n) is 7.20. The van der Waals surface area contributed by atoms with E-state index in [9.17, 15) is 0 Å². The largest absolute Gasteiger partial charge is 0.496 e. The van der Waals surface area contributed by atoms with Crippen molar-refractivity contribution < 1.29 is 9.47 Å².